The molecule has 0 atom stereocenters. The third-order valence-electron chi connectivity index (χ3n) is 5.22. The number of hydrogen-bond donors (Lipinski definition) is 0. The normalized spacial score (nSPS) is 20.1. The van der Waals surface area contributed by atoms with Gasteiger partial charge in [-0.05, 0) is 43.9 Å². The van der Waals surface area contributed by atoms with E-state index in [1.165, 1.54) is 25.7 Å². The molecule has 1 aromatic carbocycles. The summed E-state index contributed by atoms with van der Waals surface area (Å²) in [6.45, 7) is 3.26. The molecule has 0 unspecified atom stereocenters. The van der Waals surface area contributed by atoms with Gasteiger partial charge in [-0.1, -0.05) is 12.8 Å². The summed E-state index contributed by atoms with van der Waals surface area (Å²) >= 11 is 0. The van der Waals surface area contributed by atoms with Gasteiger partial charge in [0.1, 0.15) is 11.5 Å². The van der Waals surface area contributed by atoms with E-state index in [4.69, 9.17) is 18.9 Å². The fourth-order valence-electron chi connectivity index (χ4n) is 3.81. The number of piperidine rings is 1. The predicted molar refractivity (Wildman–Crippen MR) is 97.1 cm³/mol. The Morgan fingerprint density at radius 1 is 1.00 bits per heavy atom. The first-order chi connectivity index (χ1) is 12.3. The molecule has 5 nitrogen and oxygen atoms in total. The molecule has 0 amide bonds. The van der Waals surface area contributed by atoms with Crippen LogP contribution in [0.1, 0.15) is 44.1 Å². The quantitative estimate of drug-likeness (QED) is 0.671. The zero-order chi connectivity index (χ0) is 17.5. The molecule has 0 bridgehead atoms. The van der Waals surface area contributed by atoms with Crippen molar-refractivity contribution in [3.05, 3.63) is 23.8 Å². The summed E-state index contributed by atoms with van der Waals surface area (Å²) < 4.78 is 22.4. The minimum absolute atomic E-state index is 0.261. The summed E-state index contributed by atoms with van der Waals surface area (Å²) in [5.41, 5.74) is 1.14. The van der Waals surface area contributed by atoms with Crippen molar-refractivity contribution < 1.29 is 18.9 Å². The fraction of sp³-hybridized carbons (Fsp3) is 0.700. The first-order valence-electron chi connectivity index (χ1n) is 9.45. The topological polar surface area (TPSA) is 40.2 Å². The van der Waals surface area contributed by atoms with Crippen LogP contribution in [0, 0.1) is 0 Å². The largest absolute Gasteiger partial charge is 0.497 e. The Morgan fingerprint density at radius 2 is 1.72 bits per heavy atom. The highest BCUT2D eigenvalue weighted by atomic mass is 16.7. The van der Waals surface area contributed by atoms with Crippen LogP contribution >= 0.6 is 0 Å². The number of ether oxygens (including phenoxy) is 4. The van der Waals surface area contributed by atoms with Gasteiger partial charge in [-0.25, -0.2) is 0 Å². The van der Waals surface area contributed by atoms with Gasteiger partial charge in [0.2, 0.25) is 0 Å². The van der Waals surface area contributed by atoms with Crippen LogP contribution in [0.15, 0.2) is 18.2 Å². The summed E-state index contributed by atoms with van der Waals surface area (Å²) in [7, 11) is 3.33. The molecule has 0 N–H and O–H groups in total. The lowest BCUT2D eigenvalue weighted by molar-refractivity contribution is -0.0401. The van der Waals surface area contributed by atoms with Crippen molar-refractivity contribution in [2.75, 3.05) is 34.1 Å². The lowest BCUT2D eigenvalue weighted by atomic mass is 10.1. The zero-order valence-corrected chi connectivity index (χ0v) is 15.5. The molecule has 1 aliphatic carbocycles. The molecule has 140 valence electrons. The maximum Gasteiger partial charge on any atom is 0.188 e. The third-order valence-corrected chi connectivity index (χ3v) is 5.22. The van der Waals surface area contributed by atoms with Crippen LogP contribution in [-0.4, -0.2) is 51.2 Å². The minimum Gasteiger partial charge on any atom is -0.497 e. The highest BCUT2D eigenvalue weighted by Crippen LogP contribution is 2.28. The molecule has 0 aromatic heterocycles. The van der Waals surface area contributed by atoms with Gasteiger partial charge in [-0.2, -0.15) is 0 Å². The molecule has 5 heteroatoms. The van der Waals surface area contributed by atoms with E-state index in [9.17, 15) is 0 Å². The van der Waals surface area contributed by atoms with Crippen LogP contribution in [-0.2, 0) is 16.0 Å². The van der Waals surface area contributed by atoms with Gasteiger partial charge in [0.25, 0.3) is 0 Å². The molecule has 25 heavy (non-hydrogen) atoms. The third kappa shape index (κ3) is 5.33. The van der Waals surface area contributed by atoms with Crippen molar-refractivity contribution in [2.24, 2.45) is 0 Å². The maximum atomic E-state index is 6.28. The summed E-state index contributed by atoms with van der Waals surface area (Å²) in [6.07, 6.45) is 8.38. The Hall–Kier alpha value is -1.30. The Bertz CT molecular complexity index is 522. The Morgan fingerprint density at radius 3 is 2.40 bits per heavy atom. The summed E-state index contributed by atoms with van der Waals surface area (Å²) in [5, 5.41) is 0. The van der Waals surface area contributed by atoms with Crippen molar-refractivity contribution in [3.63, 3.8) is 0 Å². The summed E-state index contributed by atoms with van der Waals surface area (Å²) in [5.74, 6) is 1.73. The predicted octanol–water partition coefficient (Wildman–Crippen LogP) is 3.60. The Labute approximate surface area is 151 Å². The first kappa shape index (κ1) is 18.5. The van der Waals surface area contributed by atoms with E-state index < -0.39 is 0 Å². The van der Waals surface area contributed by atoms with Crippen molar-refractivity contribution >= 4 is 0 Å². The van der Waals surface area contributed by atoms with Crippen LogP contribution in [0.25, 0.3) is 0 Å². The molecule has 2 aliphatic rings. The molecule has 1 saturated heterocycles. The number of benzene rings is 1. The minimum atomic E-state index is 0.261. The average molecular weight is 349 g/mol. The molecule has 1 heterocycles. The van der Waals surface area contributed by atoms with Crippen molar-refractivity contribution in [1.29, 1.82) is 0 Å². The molecule has 3 rings (SSSR count). The molecule has 1 saturated carbocycles. The van der Waals surface area contributed by atoms with Crippen molar-refractivity contribution in [3.8, 4) is 11.5 Å². The molecular formula is C20H31NO4. The van der Waals surface area contributed by atoms with Crippen LogP contribution in [0.2, 0.25) is 0 Å². The first-order valence-corrected chi connectivity index (χ1v) is 9.45. The number of likely N-dealkylation sites (tertiary alicyclic amines) is 1. The SMILES string of the molecule is COCOc1ccc(OC)cc1CN1CCC(OC2CCCC2)CC1. The molecule has 1 aliphatic heterocycles. The number of rotatable bonds is 8. The van der Waals surface area contributed by atoms with E-state index >= 15 is 0 Å². The highest BCUT2D eigenvalue weighted by Gasteiger charge is 2.25. The van der Waals surface area contributed by atoms with Gasteiger partial charge in [-0.15, -0.1) is 0 Å². The van der Waals surface area contributed by atoms with Gasteiger partial charge in [0.15, 0.2) is 6.79 Å². The lowest BCUT2D eigenvalue weighted by Crippen LogP contribution is -2.37. The molecule has 0 spiro atoms. The van der Waals surface area contributed by atoms with E-state index in [0.29, 0.717) is 12.2 Å². The van der Waals surface area contributed by atoms with Gasteiger partial charge in [0.05, 0.1) is 19.3 Å². The summed E-state index contributed by atoms with van der Waals surface area (Å²) in [6, 6.07) is 5.95. The standard InChI is InChI=1S/C20H31NO4/c1-22-15-24-20-8-7-19(23-2)13-16(20)14-21-11-9-18(10-12-21)25-17-5-3-4-6-17/h7-8,13,17-18H,3-6,9-12,14-15H2,1-2H3. The van der Waals surface area contributed by atoms with Crippen LogP contribution in [0.4, 0.5) is 0 Å². The van der Waals surface area contributed by atoms with E-state index in [2.05, 4.69) is 11.0 Å². The Balaban J connectivity index is 1.53. The average Bonchev–Trinajstić information content (AvgIpc) is 3.15. The van der Waals surface area contributed by atoms with E-state index in [-0.39, 0.29) is 6.79 Å². The highest BCUT2D eigenvalue weighted by molar-refractivity contribution is 5.40. The van der Waals surface area contributed by atoms with Crippen molar-refractivity contribution in [2.45, 2.75) is 57.3 Å². The second-order valence-electron chi connectivity index (χ2n) is 7.04. The van der Waals surface area contributed by atoms with Crippen LogP contribution in [0.5, 0.6) is 11.5 Å². The lowest BCUT2D eigenvalue weighted by Gasteiger charge is -2.33. The van der Waals surface area contributed by atoms with Crippen LogP contribution < -0.4 is 9.47 Å². The molecule has 2 fully saturated rings. The van der Waals surface area contributed by atoms with Gasteiger partial charge < -0.3 is 18.9 Å². The van der Waals surface area contributed by atoms with Gasteiger partial charge in [-0.3, -0.25) is 4.90 Å². The van der Waals surface area contributed by atoms with E-state index in [1.807, 2.05) is 12.1 Å². The number of hydrogen-bond acceptors (Lipinski definition) is 5. The van der Waals surface area contributed by atoms with Gasteiger partial charge >= 0.3 is 0 Å². The summed E-state index contributed by atoms with van der Waals surface area (Å²) in [4.78, 5) is 2.48. The van der Waals surface area contributed by atoms with E-state index in [1.54, 1.807) is 14.2 Å². The number of nitrogens with zero attached hydrogens (tertiary/aromatic N) is 1. The molecule has 0 radical (unpaired) electrons. The molecule has 1 aromatic rings. The van der Waals surface area contributed by atoms with Crippen molar-refractivity contribution in [1.82, 2.24) is 4.90 Å². The molecular weight excluding hydrogens is 318 g/mol. The second-order valence-corrected chi connectivity index (χ2v) is 7.04. The smallest absolute Gasteiger partial charge is 0.188 e. The van der Waals surface area contributed by atoms with E-state index in [0.717, 1.165) is 49.5 Å². The second kappa shape index (κ2) is 9.41. The maximum absolute atomic E-state index is 6.28. The number of methoxy groups -OCH3 is 2. The van der Waals surface area contributed by atoms with Crippen LogP contribution in [0.3, 0.4) is 0 Å². The monoisotopic (exact) mass is 349 g/mol. The zero-order valence-electron chi connectivity index (χ0n) is 15.5. The fourth-order valence-corrected chi connectivity index (χ4v) is 3.81. The van der Waals surface area contributed by atoms with Gasteiger partial charge in [0, 0.05) is 32.3 Å². The Kier molecular flexibility index (Phi) is 6.96.